The van der Waals surface area contributed by atoms with Crippen LogP contribution in [0.1, 0.15) is 12.0 Å². The van der Waals surface area contributed by atoms with Gasteiger partial charge in [0.25, 0.3) is 0 Å². The van der Waals surface area contributed by atoms with Gasteiger partial charge in [-0.1, -0.05) is 0 Å². The first-order chi connectivity index (χ1) is 10.1. The van der Waals surface area contributed by atoms with E-state index in [0.717, 1.165) is 45.3 Å². The van der Waals surface area contributed by atoms with Crippen LogP contribution in [-0.2, 0) is 6.54 Å². The van der Waals surface area contributed by atoms with E-state index in [1.54, 1.807) is 0 Å². The molecule has 0 saturated carbocycles. The van der Waals surface area contributed by atoms with Crippen molar-refractivity contribution < 1.29 is 13.2 Å². The number of halogens is 4. The van der Waals surface area contributed by atoms with Crippen molar-refractivity contribution in [3.8, 4) is 0 Å². The molecule has 2 aliphatic rings. The SMILES string of the molecule is Cl.Fc1cc(F)c(CN2CCN(C3CCNC3)CC2)cc1F. The number of benzene rings is 1. The van der Waals surface area contributed by atoms with Gasteiger partial charge in [-0.05, 0) is 19.0 Å². The minimum absolute atomic E-state index is 0. The van der Waals surface area contributed by atoms with E-state index >= 15 is 0 Å². The number of nitrogens with one attached hydrogen (secondary N) is 1. The fourth-order valence-corrected chi connectivity index (χ4v) is 3.16. The number of hydrogen-bond donors (Lipinski definition) is 1. The van der Waals surface area contributed by atoms with Crippen molar-refractivity contribution in [1.29, 1.82) is 0 Å². The van der Waals surface area contributed by atoms with Gasteiger partial charge in [0.1, 0.15) is 5.82 Å². The van der Waals surface area contributed by atoms with Crippen molar-refractivity contribution in [2.24, 2.45) is 0 Å². The third-order valence-corrected chi connectivity index (χ3v) is 4.44. The summed E-state index contributed by atoms with van der Waals surface area (Å²) in [5.41, 5.74) is 0.227. The maximum Gasteiger partial charge on any atom is 0.161 e. The zero-order chi connectivity index (χ0) is 14.8. The maximum atomic E-state index is 13.7. The van der Waals surface area contributed by atoms with Gasteiger partial charge in [-0.15, -0.1) is 12.4 Å². The maximum absolute atomic E-state index is 13.7. The van der Waals surface area contributed by atoms with Gasteiger partial charge in [-0.3, -0.25) is 9.80 Å². The molecule has 1 N–H and O–H groups in total. The fraction of sp³-hybridized carbons (Fsp3) is 0.600. The summed E-state index contributed by atoms with van der Waals surface area (Å²) in [4.78, 5) is 4.55. The molecule has 7 heteroatoms. The molecule has 0 radical (unpaired) electrons. The standard InChI is InChI=1S/C15H20F3N3.ClH/c16-13-8-15(18)14(17)7-11(13)10-20-3-5-21(6-4-20)12-1-2-19-9-12;/h7-8,12,19H,1-6,9-10H2;1H. The van der Waals surface area contributed by atoms with Crippen molar-refractivity contribution in [3.05, 3.63) is 35.1 Å². The van der Waals surface area contributed by atoms with Crippen LogP contribution in [0.3, 0.4) is 0 Å². The van der Waals surface area contributed by atoms with Gasteiger partial charge >= 0.3 is 0 Å². The Balaban J connectivity index is 0.00000176. The summed E-state index contributed by atoms with van der Waals surface area (Å²) >= 11 is 0. The molecule has 1 unspecified atom stereocenters. The van der Waals surface area contributed by atoms with E-state index in [4.69, 9.17) is 0 Å². The average Bonchev–Trinajstić information content (AvgIpc) is 3.00. The van der Waals surface area contributed by atoms with Crippen LogP contribution in [0.15, 0.2) is 12.1 Å². The van der Waals surface area contributed by atoms with Crippen LogP contribution in [0.2, 0.25) is 0 Å². The number of nitrogens with zero attached hydrogens (tertiary/aromatic N) is 2. The second kappa shape index (κ2) is 7.64. The Morgan fingerprint density at radius 3 is 2.32 bits per heavy atom. The first-order valence-corrected chi connectivity index (χ1v) is 7.44. The number of piperazine rings is 1. The van der Waals surface area contributed by atoms with Crippen molar-refractivity contribution in [2.75, 3.05) is 39.3 Å². The highest BCUT2D eigenvalue weighted by Gasteiger charge is 2.26. The summed E-state index contributed by atoms with van der Waals surface area (Å²) < 4.78 is 39.8. The van der Waals surface area contributed by atoms with Gasteiger partial charge in [0, 0.05) is 56.9 Å². The summed E-state index contributed by atoms with van der Waals surface area (Å²) in [6.07, 6.45) is 1.18. The minimum Gasteiger partial charge on any atom is -0.315 e. The molecular formula is C15H21ClF3N3. The second-order valence-corrected chi connectivity index (χ2v) is 5.82. The molecule has 124 valence electrons. The molecule has 3 nitrogen and oxygen atoms in total. The average molecular weight is 336 g/mol. The van der Waals surface area contributed by atoms with E-state index in [2.05, 4.69) is 15.1 Å². The van der Waals surface area contributed by atoms with Gasteiger partial charge in [0.05, 0.1) is 0 Å². The highest BCUT2D eigenvalue weighted by Crippen LogP contribution is 2.18. The lowest BCUT2D eigenvalue weighted by Crippen LogP contribution is -2.50. The Bertz CT molecular complexity index is 501. The minimum atomic E-state index is -1.13. The van der Waals surface area contributed by atoms with E-state index in [0.29, 0.717) is 18.7 Å². The quantitative estimate of drug-likeness (QED) is 0.853. The van der Waals surface area contributed by atoms with Crippen molar-refractivity contribution in [1.82, 2.24) is 15.1 Å². The molecule has 3 rings (SSSR count). The van der Waals surface area contributed by atoms with Crippen LogP contribution >= 0.6 is 12.4 Å². The molecule has 0 bridgehead atoms. The van der Waals surface area contributed by atoms with Crippen LogP contribution in [0.4, 0.5) is 13.2 Å². The van der Waals surface area contributed by atoms with Crippen LogP contribution < -0.4 is 5.32 Å². The van der Waals surface area contributed by atoms with E-state index in [1.165, 1.54) is 6.42 Å². The largest absolute Gasteiger partial charge is 0.315 e. The lowest BCUT2D eigenvalue weighted by atomic mass is 10.1. The number of rotatable bonds is 3. The van der Waals surface area contributed by atoms with E-state index in [-0.39, 0.29) is 18.0 Å². The van der Waals surface area contributed by atoms with Crippen LogP contribution in [0.5, 0.6) is 0 Å². The molecule has 2 heterocycles. The number of hydrogen-bond acceptors (Lipinski definition) is 3. The first-order valence-electron chi connectivity index (χ1n) is 7.44. The van der Waals surface area contributed by atoms with Crippen molar-refractivity contribution in [3.63, 3.8) is 0 Å². The van der Waals surface area contributed by atoms with Crippen molar-refractivity contribution in [2.45, 2.75) is 19.0 Å². The summed E-state index contributed by atoms with van der Waals surface area (Å²) in [5, 5.41) is 3.36. The Kier molecular flexibility index (Phi) is 6.09. The van der Waals surface area contributed by atoms with Gasteiger partial charge in [0.2, 0.25) is 0 Å². The zero-order valence-corrected chi connectivity index (χ0v) is 13.1. The van der Waals surface area contributed by atoms with Gasteiger partial charge in [-0.2, -0.15) is 0 Å². The lowest BCUT2D eigenvalue weighted by molar-refractivity contribution is 0.0973. The van der Waals surface area contributed by atoms with Gasteiger partial charge < -0.3 is 5.32 Å². The fourth-order valence-electron chi connectivity index (χ4n) is 3.16. The van der Waals surface area contributed by atoms with E-state index in [9.17, 15) is 13.2 Å². The van der Waals surface area contributed by atoms with Gasteiger partial charge in [0.15, 0.2) is 11.6 Å². The van der Waals surface area contributed by atoms with E-state index < -0.39 is 17.5 Å². The van der Waals surface area contributed by atoms with Crippen molar-refractivity contribution >= 4 is 12.4 Å². The third-order valence-electron chi connectivity index (χ3n) is 4.44. The second-order valence-electron chi connectivity index (χ2n) is 5.82. The molecule has 2 aliphatic heterocycles. The lowest BCUT2D eigenvalue weighted by Gasteiger charge is -2.37. The monoisotopic (exact) mass is 335 g/mol. The molecule has 1 atom stereocenters. The molecule has 1 aromatic carbocycles. The molecule has 22 heavy (non-hydrogen) atoms. The van der Waals surface area contributed by atoms with E-state index in [1.807, 2.05) is 0 Å². The normalized spacial score (nSPS) is 23.5. The highest BCUT2D eigenvalue weighted by atomic mass is 35.5. The molecule has 0 spiro atoms. The third kappa shape index (κ3) is 3.93. The smallest absolute Gasteiger partial charge is 0.161 e. The molecule has 2 saturated heterocycles. The Morgan fingerprint density at radius 1 is 1.00 bits per heavy atom. The summed E-state index contributed by atoms with van der Waals surface area (Å²) in [6, 6.07) is 2.20. The Morgan fingerprint density at radius 2 is 1.68 bits per heavy atom. The highest BCUT2D eigenvalue weighted by molar-refractivity contribution is 5.85. The van der Waals surface area contributed by atoms with Crippen LogP contribution in [-0.4, -0.2) is 55.1 Å². The first kappa shape index (κ1) is 17.5. The molecule has 1 aromatic rings. The molecule has 0 aliphatic carbocycles. The summed E-state index contributed by atoms with van der Waals surface area (Å²) in [6.45, 7) is 5.99. The van der Waals surface area contributed by atoms with Gasteiger partial charge in [-0.25, -0.2) is 13.2 Å². The van der Waals surface area contributed by atoms with Crippen LogP contribution in [0, 0.1) is 17.5 Å². The predicted octanol–water partition coefficient (Wildman–Crippen LogP) is 2.01. The Labute approximate surface area is 134 Å². The molecule has 2 fully saturated rings. The summed E-state index contributed by atoms with van der Waals surface area (Å²) in [5.74, 6) is -2.78. The molecule has 0 amide bonds. The molecule has 0 aromatic heterocycles. The Hall–Kier alpha value is -0.820. The zero-order valence-electron chi connectivity index (χ0n) is 12.3. The summed E-state index contributed by atoms with van der Waals surface area (Å²) in [7, 11) is 0. The predicted molar refractivity (Wildman–Crippen MR) is 81.7 cm³/mol. The van der Waals surface area contributed by atoms with Crippen LogP contribution in [0.25, 0.3) is 0 Å². The topological polar surface area (TPSA) is 18.5 Å². The molecular weight excluding hydrogens is 315 g/mol.